The number of carbonyl (C=O) groups excluding carboxylic acids is 2. The Morgan fingerprint density at radius 1 is 1.22 bits per heavy atom. The minimum atomic E-state index is -0.387. The van der Waals surface area contributed by atoms with Crippen molar-refractivity contribution in [2.24, 2.45) is 0 Å². The molecular formula is C17H21ClN2O3. The van der Waals surface area contributed by atoms with Gasteiger partial charge in [0.05, 0.1) is 6.54 Å². The topological polar surface area (TPSA) is 49.9 Å². The van der Waals surface area contributed by atoms with Gasteiger partial charge in [-0.05, 0) is 30.5 Å². The molecule has 6 heteroatoms. The van der Waals surface area contributed by atoms with Crippen LogP contribution in [0.4, 0.5) is 4.79 Å². The summed E-state index contributed by atoms with van der Waals surface area (Å²) in [6.07, 6.45) is 2.78. The van der Waals surface area contributed by atoms with Gasteiger partial charge in [0.1, 0.15) is 13.2 Å². The molecule has 3 rings (SSSR count). The van der Waals surface area contributed by atoms with Gasteiger partial charge in [0, 0.05) is 24.0 Å². The van der Waals surface area contributed by atoms with Crippen molar-refractivity contribution in [2.45, 2.75) is 25.2 Å². The quantitative estimate of drug-likeness (QED) is 0.852. The van der Waals surface area contributed by atoms with E-state index in [0.717, 1.165) is 30.8 Å². The zero-order chi connectivity index (χ0) is 16.2. The van der Waals surface area contributed by atoms with Crippen molar-refractivity contribution in [3.05, 3.63) is 34.9 Å². The predicted octanol–water partition coefficient (Wildman–Crippen LogP) is 2.89. The number of hydrogen-bond donors (Lipinski definition) is 0. The normalized spacial score (nSPS) is 22.0. The van der Waals surface area contributed by atoms with Crippen LogP contribution in [0, 0.1) is 0 Å². The number of carbonyl (C=O) groups is 2. The van der Waals surface area contributed by atoms with E-state index in [1.807, 2.05) is 29.2 Å². The fourth-order valence-corrected chi connectivity index (χ4v) is 3.33. The first kappa shape index (κ1) is 16.1. The average molecular weight is 337 g/mol. The van der Waals surface area contributed by atoms with Gasteiger partial charge in [-0.2, -0.15) is 0 Å². The monoisotopic (exact) mass is 336 g/mol. The average Bonchev–Trinajstić information content (AvgIpc) is 2.80. The van der Waals surface area contributed by atoms with Crippen LogP contribution < -0.4 is 0 Å². The lowest BCUT2D eigenvalue weighted by atomic mass is 9.94. The van der Waals surface area contributed by atoms with Gasteiger partial charge in [0.2, 0.25) is 5.91 Å². The Morgan fingerprint density at radius 3 is 2.70 bits per heavy atom. The number of likely N-dealkylation sites (tertiary alicyclic amines) is 1. The molecule has 2 amide bonds. The SMILES string of the molecule is O=C(CN1CCOC1=O)N1CCCCC(c2ccc(Cl)cc2)C1. The number of rotatable bonds is 3. The van der Waals surface area contributed by atoms with Crippen molar-refractivity contribution in [3.8, 4) is 0 Å². The molecule has 0 spiro atoms. The first-order valence-electron chi connectivity index (χ1n) is 8.08. The van der Waals surface area contributed by atoms with Crippen LogP contribution >= 0.6 is 11.6 Å². The summed E-state index contributed by atoms with van der Waals surface area (Å²) in [6.45, 7) is 2.44. The molecule has 2 saturated heterocycles. The highest BCUT2D eigenvalue weighted by Gasteiger charge is 2.28. The lowest BCUT2D eigenvalue weighted by Gasteiger charge is -2.26. The molecule has 1 aromatic carbocycles. The second kappa shape index (κ2) is 7.21. The molecule has 0 aromatic heterocycles. The van der Waals surface area contributed by atoms with E-state index in [-0.39, 0.29) is 18.5 Å². The Hall–Kier alpha value is -1.75. The zero-order valence-corrected chi connectivity index (χ0v) is 13.8. The highest BCUT2D eigenvalue weighted by molar-refractivity contribution is 6.30. The van der Waals surface area contributed by atoms with Gasteiger partial charge < -0.3 is 9.64 Å². The molecule has 2 heterocycles. The molecule has 0 bridgehead atoms. The third kappa shape index (κ3) is 3.96. The van der Waals surface area contributed by atoms with Crippen LogP contribution in [0.5, 0.6) is 0 Å². The van der Waals surface area contributed by atoms with Crippen LogP contribution in [0.15, 0.2) is 24.3 Å². The number of halogens is 1. The Balaban J connectivity index is 1.65. The molecule has 0 N–H and O–H groups in total. The number of hydrogen-bond acceptors (Lipinski definition) is 3. The minimum absolute atomic E-state index is 0.00436. The van der Waals surface area contributed by atoms with Crippen molar-refractivity contribution in [1.82, 2.24) is 9.80 Å². The number of amides is 2. The van der Waals surface area contributed by atoms with Gasteiger partial charge in [0.25, 0.3) is 0 Å². The van der Waals surface area contributed by atoms with Crippen LogP contribution in [0.3, 0.4) is 0 Å². The van der Waals surface area contributed by atoms with Crippen LogP contribution in [-0.4, -0.2) is 54.6 Å². The molecular weight excluding hydrogens is 316 g/mol. The Labute approximate surface area is 141 Å². The number of benzene rings is 1. The van der Waals surface area contributed by atoms with Gasteiger partial charge in [0.15, 0.2) is 0 Å². The standard InChI is InChI=1S/C17H21ClN2O3/c18-15-6-4-13(5-7-15)14-3-1-2-8-19(11-14)16(21)12-20-9-10-23-17(20)22/h4-7,14H,1-3,8-12H2. The van der Waals surface area contributed by atoms with Crippen molar-refractivity contribution in [3.63, 3.8) is 0 Å². The van der Waals surface area contributed by atoms with E-state index in [1.165, 1.54) is 10.5 Å². The maximum absolute atomic E-state index is 12.5. The first-order valence-corrected chi connectivity index (χ1v) is 8.46. The van der Waals surface area contributed by atoms with E-state index < -0.39 is 0 Å². The molecule has 2 aliphatic rings. The van der Waals surface area contributed by atoms with Gasteiger partial charge in [-0.25, -0.2) is 4.79 Å². The molecule has 1 atom stereocenters. The molecule has 124 valence electrons. The van der Waals surface area contributed by atoms with Crippen LogP contribution in [-0.2, 0) is 9.53 Å². The second-order valence-electron chi connectivity index (χ2n) is 6.12. The van der Waals surface area contributed by atoms with Gasteiger partial charge in [-0.15, -0.1) is 0 Å². The van der Waals surface area contributed by atoms with Crippen LogP contribution in [0.2, 0.25) is 5.02 Å². The maximum Gasteiger partial charge on any atom is 0.410 e. The molecule has 1 aromatic rings. The minimum Gasteiger partial charge on any atom is -0.448 e. The summed E-state index contributed by atoms with van der Waals surface area (Å²) in [5.74, 6) is 0.328. The van der Waals surface area contributed by atoms with Crippen molar-refractivity contribution in [1.29, 1.82) is 0 Å². The van der Waals surface area contributed by atoms with E-state index in [0.29, 0.717) is 25.6 Å². The Kier molecular flexibility index (Phi) is 5.06. The molecule has 23 heavy (non-hydrogen) atoms. The lowest BCUT2D eigenvalue weighted by Crippen LogP contribution is -2.42. The van der Waals surface area contributed by atoms with Crippen molar-refractivity contribution < 1.29 is 14.3 Å². The summed E-state index contributed by atoms with van der Waals surface area (Å²) in [4.78, 5) is 27.4. The highest BCUT2D eigenvalue weighted by Crippen LogP contribution is 2.27. The summed E-state index contributed by atoms with van der Waals surface area (Å²) >= 11 is 5.96. The summed E-state index contributed by atoms with van der Waals surface area (Å²) in [7, 11) is 0. The van der Waals surface area contributed by atoms with Crippen molar-refractivity contribution in [2.75, 3.05) is 32.8 Å². The van der Waals surface area contributed by atoms with E-state index in [9.17, 15) is 9.59 Å². The van der Waals surface area contributed by atoms with E-state index in [1.54, 1.807) is 0 Å². The van der Waals surface area contributed by atoms with E-state index in [4.69, 9.17) is 16.3 Å². The largest absolute Gasteiger partial charge is 0.448 e. The summed E-state index contributed by atoms with van der Waals surface area (Å²) in [5, 5.41) is 0.725. The summed E-state index contributed by atoms with van der Waals surface area (Å²) in [5.41, 5.74) is 1.22. The fraction of sp³-hybridized carbons (Fsp3) is 0.529. The molecule has 0 radical (unpaired) electrons. The zero-order valence-electron chi connectivity index (χ0n) is 13.0. The fourth-order valence-electron chi connectivity index (χ4n) is 3.21. The molecule has 2 aliphatic heterocycles. The molecule has 1 unspecified atom stereocenters. The molecule has 0 aliphatic carbocycles. The molecule has 0 saturated carbocycles. The van der Waals surface area contributed by atoms with Crippen molar-refractivity contribution >= 4 is 23.6 Å². The number of ether oxygens (including phenoxy) is 1. The first-order chi connectivity index (χ1) is 11.1. The number of nitrogens with zero attached hydrogens (tertiary/aromatic N) is 2. The Morgan fingerprint density at radius 2 is 2.00 bits per heavy atom. The van der Waals surface area contributed by atoms with Gasteiger partial charge >= 0.3 is 6.09 Å². The van der Waals surface area contributed by atoms with Gasteiger partial charge in [-0.3, -0.25) is 9.69 Å². The highest BCUT2D eigenvalue weighted by atomic mass is 35.5. The Bertz CT molecular complexity index is 576. The smallest absolute Gasteiger partial charge is 0.410 e. The van der Waals surface area contributed by atoms with Crippen LogP contribution in [0.25, 0.3) is 0 Å². The van der Waals surface area contributed by atoms with E-state index in [2.05, 4.69) is 0 Å². The second-order valence-corrected chi connectivity index (χ2v) is 6.56. The van der Waals surface area contributed by atoms with Crippen LogP contribution in [0.1, 0.15) is 30.7 Å². The summed E-state index contributed by atoms with van der Waals surface area (Å²) < 4.78 is 4.88. The third-order valence-corrected chi connectivity index (χ3v) is 4.79. The number of cyclic esters (lactones) is 1. The third-order valence-electron chi connectivity index (χ3n) is 4.54. The maximum atomic E-state index is 12.5. The lowest BCUT2D eigenvalue weighted by molar-refractivity contribution is -0.131. The predicted molar refractivity (Wildman–Crippen MR) is 87.5 cm³/mol. The van der Waals surface area contributed by atoms with E-state index >= 15 is 0 Å². The van der Waals surface area contributed by atoms with Gasteiger partial charge in [-0.1, -0.05) is 30.2 Å². The molecule has 5 nitrogen and oxygen atoms in total. The summed E-state index contributed by atoms with van der Waals surface area (Å²) in [6, 6.07) is 7.87. The molecule has 2 fully saturated rings.